The molecule has 0 unspecified atom stereocenters. The van der Waals surface area contributed by atoms with Gasteiger partial charge >= 0.3 is 0 Å². The number of benzene rings is 2. The lowest BCUT2D eigenvalue weighted by atomic mass is 10.1. The largest absolute Gasteiger partial charge is 0.325 e. The second-order valence-electron chi connectivity index (χ2n) is 6.95. The average molecular weight is 457 g/mol. The number of carbonyl (C=O) groups excluding carboxylic acids is 2. The first-order valence-corrected chi connectivity index (χ1v) is 11.9. The normalized spacial score (nSPS) is 13.0. The van der Waals surface area contributed by atoms with Gasteiger partial charge in [0.15, 0.2) is 5.13 Å². The third kappa shape index (κ3) is 4.30. The van der Waals surface area contributed by atoms with E-state index >= 15 is 0 Å². The van der Waals surface area contributed by atoms with E-state index in [1.807, 2.05) is 6.07 Å². The second kappa shape index (κ2) is 8.48. The zero-order valence-electron chi connectivity index (χ0n) is 16.7. The predicted octanol–water partition coefficient (Wildman–Crippen LogP) is 2.89. The van der Waals surface area contributed by atoms with E-state index in [0.29, 0.717) is 18.7 Å². The Morgan fingerprint density at radius 3 is 2.65 bits per heavy atom. The Kier molecular flexibility index (Phi) is 5.75. The number of nitrogens with one attached hydrogen (secondary N) is 1. The number of anilines is 3. The van der Waals surface area contributed by atoms with E-state index < -0.39 is 22.5 Å². The van der Waals surface area contributed by atoms with E-state index in [2.05, 4.69) is 10.3 Å². The lowest BCUT2D eigenvalue weighted by Crippen LogP contribution is -2.38. The van der Waals surface area contributed by atoms with E-state index in [0.717, 1.165) is 26.9 Å². The first kappa shape index (κ1) is 21.0. The molecule has 0 radical (unpaired) electrons. The molecular weight excluding hydrogens is 436 g/mol. The molecule has 2 amide bonds. The maximum atomic E-state index is 13.1. The highest BCUT2D eigenvalue weighted by atomic mass is 32.2. The summed E-state index contributed by atoms with van der Waals surface area (Å²) in [5.41, 5.74) is 2.34. The number of amides is 2. The summed E-state index contributed by atoms with van der Waals surface area (Å²) < 4.78 is 27.3. The van der Waals surface area contributed by atoms with Crippen molar-refractivity contribution >= 4 is 49.7 Å². The summed E-state index contributed by atoms with van der Waals surface area (Å²) in [5.74, 6) is -0.517. The molecule has 3 aromatic rings. The third-order valence-corrected chi connectivity index (χ3v) is 7.55. The molecule has 2 aromatic carbocycles. The first-order valence-electron chi connectivity index (χ1n) is 9.54. The second-order valence-corrected chi connectivity index (χ2v) is 9.69. The highest BCUT2D eigenvalue weighted by Gasteiger charge is 2.29. The minimum Gasteiger partial charge on any atom is -0.325 e. The van der Waals surface area contributed by atoms with Crippen LogP contribution >= 0.6 is 11.3 Å². The number of aromatic nitrogens is 1. The maximum absolute atomic E-state index is 13.1. The molecule has 0 aliphatic carbocycles. The molecule has 2 heterocycles. The highest BCUT2D eigenvalue weighted by Crippen LogP contribution is 2.31. The summed E-state index contributed by atoms with van der Waals surface area (Å²) >= 11 is 1.14. The van der Waals surface area contributed by atoms with Crippen LogP contribution in [0.3, 0.4) is 0 Å². The van der Waals surface area contributed by atoms with Gasteiger partial charge in [-0.15, -0.1) is 11.3 Å². The summed E-state index contributed by atoms with van der Waals surface area (Å²) in [6, 6.07) is 13.3. The summed E-state index contributed by atoms with van der Waals surface area (Å²) in [4.78, 5) is 30.3. The van der Waals surface area contributed by atoms with Crippen LogP contribution in [-0.2, 0) is 26.0 Å². The van der Waals surface area contributed by atoms with E-state index in [1.165, 1.54) is 25.3 Å². The standard InChI is InChI=1S/C21H20N4O4S2/c1-15(26)24-11-9-16-13-17(7-8-19(16)24)23-20(27)14-25(21-22-10-12-30-21)31(28,29)18-5-3-2-4-6-18/h2-8,10,12-13H,9,11,14H2,1H3,(H,23,27). The van der Waals surface area contributed by atoms with Crippen LogP contribution < -0.4 is 14.5 Å². The van der Waals surface area contributed by atoms with Gasteiger partial charge in [0, 0.05) is 36.4 Å². The fraction of sp³-hybridized carbons (Fsp3) is 0.190. The fourth-order valence-electron chi connectivity index (χ4n) is 3.45. The van der Waals surface area contributed by atoms with Crippen LogP contribution in [0.15, 0.2) is 65.0 Å². The van der Waals surface area contributed by atoms with Crippen molar-refractivity contribution in [3.05, 3.63) is 65.7 Å². The van der Waals surface area contributed by atoms with Gasteiger partial charge in [-0.25, -0.2) is 17.7 Å². The summed E-state index contributed by atoms with van der Waals surface area (Å²) in [7, 11) is -3.96. The molecule has 0 saturated carbocycles. The minimum atomic E-state index is -3.96. The van der Waals surface area contributed by atoms with Gasteiger partial charge in [-0.05, 0) is 42.3 Å². The van der Waals surface area contributed by atoms with Crippen molar-refractivity contribution in [1.29, 1.82) is 0 Å². The topological polar surface area (TPSA) is 99.7 Å². The van der Waals surface area contributed by atoms with Gasteiger partial charge in [0.05, 0.1) is 4.90 Å². The van der Waals surface area contributed by atoms with E-state index in [4.69, 9.17) is 0 Å². The summed E-state index contributed by atoms with van der Waals surface area (Å²) in [6.45, 7) is 1.71. The summed E-state index contributed by atoms with van der Waals surface area (Å²) in [6.07, 6.45) is 2.19. The van der Waals surface area contributed by atoms with Gasteiger partial charge in [0.25, 0.3) is 10.0 Å². The van der Waals surface area contributed by atoms with E-state index in [-0.39, 0.29) is 15.9 Å². The molecule has 0 fully saturated rings. The number of nitrogens with zero attached hydrogens (tertiary/aromatic N) is 3. The van der Waals surface area contributed by atoms with E-state index in [1.54, 1.807) is 40.6 Å². The zero-order valence-corrected chi connectivity index (χ0v) is 18.3. The predicted molar refractivity (Wildman–Crippen MR) is 120 cm³/mol. The lowest BCUT2D eigenvalue weighted by Gasteiger charge is -2.21. The van der Waals surface area contributed by atoms with Crippen molar-refractivity contribution in [3.8, 4) is 0 Å². The van der Waals surface area contributed by atoms with Gasteiger partial charge in [0.2, 0.25) is 11.8 Å². The molecular formula is C21H20N4O4S2. The number of thiazole rings is 1. The Hall–Kier alpha value is -3.24. The minimum absolute atomic E-state index is 0.0271. The van der Waals surface area contributed by atoms with Crippen LogP contribution in [0.25, 0.3) is 0 Å². The highest BCUT2D eigenvalue weighted by molar-refractivity contribution is 7.93. The molecule has 1 aromatic heterocycles. The van der Waals surface area contributed by atoms with Crippen molar-refractivity contribution in [2.45, 2.75) is 18.2 Å². The van der Waals surface area contributed by atoms with Crippen LogP contribution in [0.4, 0.5) is 16.5 Å². The Labute approximate surface area is 184 Å². The van der Waals surface area contributed by atoms with Gasteiger partial charge in [-0.1, -0.05) is 18.2 Å². The van der Waals surface area contributed by atoms with Crippen molar-refractivity contribution in [1.82, 2.24) is 4.98 Å². The Morgan fingerprint density at radius 2 is 1.97 bits per heavy atom. The molecule has 0 spiro atoms. The molecule has 1 N–H and O–H groups in total. The van der Waals surface area contributed by atoms with Gasteiger partial charge in [-0.2, -0.15) is 0 Å². The van der Waals surface area contributed by atoms with Gasteiger partial charge in [0.1, 0.15) is 6.54 Å². The first-order chi connectivity index (χ1) is 14.9. The van der Waals surface area contributed by atoms with Crippen molar-refractivity contribution in [3.63, 3.8) is 0 Å². The molecule has 1 aliphatic heterocycles. The maximum Gasteiger partial charge on any atom is 0.266 e. The van der Waals surface area contributed by atoms with E-state index in [9.17, 15) is 18.0 Å². The zero-order chi connectivity index (χ0) is 22.0. The average Bonchev–Trinajstić information content (AvgIpc) is 3.42. The van der Waals surface area contributed by atoms with Crippen molar-refractivity contribution in [2.75, 3.05) is 27.6 Å². The number of hydrogen-bond acceptors (Lipinski definition) is 6. The van der Waals surface area contributed by atoms with Crippen LogP contribution in [0.5, 0.6) is 0 Å². The number of hydrogen-bond donors (Lipinski definition) is 1. The lowest BCUT2D eigenvalue weighted by molar-refractivity contribution is -0.116. The Morgan fingerprint density at radius 1 is 1.19 bits per heavy atom. The molecule has 10 heteroatoms. The van der Waals surface area contributed by atoms with Crippen molar-refractivity contribution < 1.29 is 18.0 Å². The third-order valence-electron chi connectivity index (χ3n) is 4.89. The fourth-order valence-corrected chi connectivity index (χ4v) is 5.72. The molecule has 0 saturated heterocycles. The molecule has 31 heavy (non-hydrogen) atoms. The summed E-state index contributed by atoms with van der Waals surface area (Å²) in [5, 5.41) is 4.63. The van der Waals surface area contributed by atoms with Gasteiger partial charge in [-0.3, -0.25) is 9.59 Å². The monoisotopic (exact) mass is 456 g/mol. The molecule has 4 rings (SSSR count). The number of rotatable bonds is 6. The number of fused-ring (bicyclic) bond motifs is 1. The Bertz CT molecular complexity index is 1210. The van der Waals surface area contributed by atoms with Crippen LogP contribution in [0, 0.1) is 0 Å². The molecule has 0 bridgehead atoms. The van der Waals surface area contributed by atoms with Crippen LogP contribution in [0.2, 0.25) is 0 Å². The molecule has 160 valence electrons. The molecule has 8 nitrogen and oxygen atoms in total. The van der Waals surface area contributed by atoms with Gasteiger partial charge < -0.3 is 10.2 Å². The quantitative estimate of drug-likeness (QED) is 0.615. The smallest absolute Gasteiger partial charge is 0.266 e. The Balaban J connectivity index is 1.55. The van der Waals surface area contributed by atoms with Crippen LogP contribution in [0.1, 0.15) is 12.5 Å². The number of sulfonamides is 1. The molecule has 0 atom stereocenters. The van der Waals surface area contributed by atoms with Crippen LogP contribution in [-0.4, -0.2) is 38.3 Å². The van der Waals surface area contributed by atoms with Crippen molar-refractivity contribution in [2.24, 2.45) is 0 Å². The number of carbonyl (C=O) groups is 2. The molecule has 1 aliphatic rings. The SMILES string of the molecule is CC(=O)N1CCc2cc(NC(=O)CN(c3nccs3)S(=O)(=O)c3ccccc3)ccc21.